The Labute approximate surface area is 146 Å². The lowest BCUT2D eigenvalue weighted by molar-refractivity contribution is 0.305. The van der Waals surface area contributed by atoms with Gasteiger partial charge in [-0.2, -0.15) is 5.26 Å². The molecule has 2 N–H and O–H groups in total. The molecule has 1 aromatic carbocycles. The Morgan fingerprint density at radius 2 is 1.88 bits per heavy atom. The summed E-state index contributed by atoms with van der Waals surface area (Å²) >= 11 is 0. The fourth-order valence-corrected chi connectivity index (χ4v) is 2.04. The predicted octanol–water partition coefficient (Wildman–Crippen LogP) is 3.31. The molecule has 1 aromatic heterocycles. The highest BCUT2D eigenvalue weighted by atomic mass is 19.1. The fraction of sp³-hybridized carbons (Fsp3) is 0.278. The number of nitrogens with zero attached hydrogens (tertiary/aromatic N) is 3. The Bertz CT molecular complexity index is 698. The van der Waals surface area contributed by atoms with Crippen LogP contribution in [0.25, 0.3) is 0 Å². The Morgan fingerprint density at radius 1 is 1.12 bits per heavy atom. The first-order valence-electron chi connectivity index (χ1n) is 8.03. The zero-order valence-electron chi connectivity index (χ0n) is 13.8. The molecule has 0 spiro atoms. The fourth-order valence-electron chi connectivity index (χ4n) is 2.04. The first-order chi connectivity index (χ1) is 12.3. The summed E-state index contributed by atoms with van der Waals surface area (Å²) in [5.74, 6) is 0.810. The third-order valence-electron chi connectivity index (χ3n) is 3.27. The molecule has 0 saturated carbocycles. The second kappa shape index (κ2) is 10.6. The number of halogens is 1. The van der Waals surface area contributed by atoms with Crippen LogP contribution in [0.15, 0.2) is 53.8 Å². The SMILES string of the molecule is N#CNC(=NCCCCCOc1ccc(F)cc1)Nc1ccncc1. The van der Waals surface area contributed by atoms with Gasteiger partial charge in [0.2, 0.25) is 5.96 Å². The first kappa shape index (κ1) is 18.2. The highest BCUT2D eigenvalue weighted by molar-refractivity contribution is 5.94. The maximum atomic E-state index is 12.8. The summed E-state index contributed by atoms with van der Waals surface area (Å²) in [6.07, 6.45) is 7.89. The van der Waals surface area contributed by atoms with Crippen LogP contribution >= 0.6 is 0 Å². The molecule has 0 aliphatic carbocycles. The number of aromatic nitrogens is 1. The average molecular weight is 341 g/mol. The van der Waals surface area contributed by atoms with Crippen molar-refractivity contribution in [3.63, 3.8) is 0 Å². The van der Waals surface area contributed by atoms with E-state index in [1.165, 1.54) is 12.1 Å². The molecule has 6 nitrogen and oxygen atoms in total. The summed E-state index contributed by atoms with van der Waals surface area (Å²) in [5.41, 5.74) is 0.809. The summed E-state index contributed by atoms with van der Waals surface area (Å²) < 4.78 is 18.3. The largest absolute Gasteiger partial charge is 0.494 e. The molecule has 0 radical (unpaired) electrons. The van der Waals surface area contributed by atoms with Crippen molar-refractivity contribution in [2.75, 3.05) is 18.5 Å². The van der Waals surface area contributed by atoms with Crippen LogP contribution in [-0.4, -0.2) is 24.1 Å². The van der Waals surface area contributed by atoms with Crippen LogP contribution in [0.4, 0.5) is 10.1 Å². The van der Waals surface area contributed by atoms with Crippen LogP contribution in [0.3, 0.4) is 0 Å². The Balaban J connectivity index is 1.64. The molecule has 0 aliphatic heterocycles. The molecule has 0 bridgehead atoms. The molecule has 0 aliphatic rings. The third-order valence-corrected chi connectivity index (χ3v) is 3.27. The van der Waals surface area contributed by atoms with Crippen molar-refractivity contribution in [2.45, 2.75) is 19.3 Å². The molecule has 1 heterocycles. The Kier molecular flexibility index (Phi) is 7.72. The lowest BCUT2D eigenvalue weighted by Crippen LogP contribution is -2.27. The van der Waals surface area contributed by atoms with Gasteiger partial charge in [0.05, 0.1) is 6.61 Å². The van der Waals surface area contributed by atoms with Crippen LogP contribution in [0.5, 0.6) is 5.75 Å². The molecule has 0 atom stereocenters. The smallest absolute Gasteiger partial charge is 0.209 e. The summed E-state index contributed by atoms with van der Waals surface area (Å²) in [4.78, 5) is 8.28. The minimum absolute atomic E-state index is 0.271. The number of rotatable bonds is 8. The second-order valence-electron chi connectivity index (χ2n) is 5.19. The van der Waals surface area contributed by atoms with E-state index in [1.54, 1.807) is 36.7 Å². The van der Waals surface area contributed by atoms with Crippen LogP contribution in [0.1, 0.15) is 19.3 Å². The van der Waals surface area contributed by atoms with Crippen molar-refractivity contribution in [3.8, 4) is 11.9 Å². The normalized spacial score (nSPS) is 10.8. The zero-order chi connectivity index (χ0) is 17.7. The number of hydrogen-bond donors (Lipinski definition) is 2. The number of benzene rings is 1. The van der Waals surface area contributed by atoms with Gasteiger partial charge in [-0.15, -0.1) is 0 Å². The lowest BCUT2D eigenvalue weighted by Gasteiger charge is -2.08. The maximum Gasteiger partial charge on any atom is 0.209 e. The molecule has 2 aromatic rings. The van der Waals surface area contributed by atoms with Crippen LogP contribution in [0, 0.1) is 17.3 Å². The highest BCUT2D eigenvalue weighted by Gasteiger charge is 1.99. The number of hydrogen-bond acceptors (Lipinski definition) is 4. The van der Waals surface area contributed by atoms with Crippen molar-refractivity contribution >= 4 is 11.6 Å². The minimum atomic E-state index is -0.271. The average Bonchev–Trinajstić information content (AvgIpc) is 2.63. The number of pyridine rings is 1. The van der Waals surface area contributed by atoms with E-state index < -0.39 is 0 Å². The molecule has 0 unspecified atom stereocenters. The second-order valence-corrected chi connectivity index (χ2v) is 5.19. The molecule has 0 saturated heterocycles. The molecule has 7 heteroatoms. The van der Waals surface area contributed by atoms with Crippen molar-refractivity contribution < 1.29 is 9.13 Å². The first-order valence-corrected chi connectivity index (χ1v) is 8.03. The van der Waals surface area contributed by atoms with Gasteiger partial charge in [0.15, 0.2) is 6.19 Å². The van der Waals surface area contributed by atoms with Gasteiger partial charge in [0, 0.05) is 24.6 Å². The monoisotopic (exact) mass is 341 g/mol. The van der Waals surface area contributed by atoms with Crippen LogP contribution < -0.4 is 15.4 Å². The van der Waals surface area contributed by atoms with E-state index in [-0.39, 0.29) is 5.82 Å². The molecule has 2 rings (SSSR count). The van der Waals surface area contributed by atoms with Gasteiger partial charge >= 0.3 is 0 Å². The zero-order valence-corrected chi connectivity index (χ0v) is 13.8. The van der Waals surface area contributed by atoms with Crippen LogP contribution in [-0.2, 0) is 0 Å². The maximum absolute atomic E-state index is 12.8. The van der Waals surface area contributed by atoms with Crippen LogP contribution in [0.2, 0.25) is 0 Å². The molecular formula is C18H20FN5O. The topological polar surface area (TPSA) is 82.3 Å². The van der Waals surface area contributed by atoms with Gasteiger partial charge in [-0.3, -0.25) is 15.3 Å². The van der Waals surface area contributed by atoms with Gasteiger partial charge in [0.1, 0.15) is 11.6 Å². The highest BCUT2D eigenvalue weighted by Crippen LogP contribution is 2.11. The number of anilines is 1. The van der Waals surface area contributed by atoms with E-state index in [2.05, 4.69) is 20.6 Å². The van der Waals surface area contributed by atoms with Gasteiger partial charge in [0.25, 0.3) is 0 Å². The van der Waals surface area contributed by atoms with Gasteiger partial charge in [-0.1, -0.05) is 0 Å². The number of nitrogens with one attached hydrogen (secondary N) is 2. The van der Waals surface area contributed by atoms with E-state index in [0.29, 0.717) is 24.9 Å². The summed E-state index contributed by atoms with van der Waals surface area (Å²) in [7, 11) is 0. The molecular weight excluding hydrogens is 321 g/mol. The lowest BCUT2D eigenvalue weighted by atomic mass is 10.2. The van der Waals surface area contributed by atoms with E-state index in [9.17, 15) is 4.39 Å². The van der Waals surface area contributed by atoms with E-state index >= 15 is 0 Å². The third kappa shape index (κ3) is 7.31. The van der Waals surface area contributed by atoms with E-state index in [4.69, 9.17) is 10.00 Å². The molecule has 130 valence electrons. The van der Waals surface area contributed by atoms with Gasteiger partial charge in [-0.05, 0) is 55.7 Å². The number of guanidine groups is 1. The van der Waals surface area contributed by atoms with Crippen molar-refractivity contribution in [2.24, 2.45) is 4.99 Å². The Morgan fingerprint density at radius 3 is 2.60 bits per heavy atom. The summed E-state index contributed by atoms with van der Waals surface area (Å²) in [5, 5.41) is 14.3. The van der Waals surface area contributed by atoms with Crippen molar-refractivity contribution in [1.82, 2.24) is 10.3 Å². The molecule has 0 fully saturated rings. The number of nitriles is 1. The summed E-state index contributed by atoms with van der Waals surface area (Å²) in [6.45, 7) is 1.17. The van der Waals surface area contributed by atoms with Gasteiger partial charge in [-0.25, -0.2) is 4.39 Å². The van der Waals surface area contributed by atoms with Gasteiger partial charge < -0.3 is 10.1 Å². The van der Waals surface area contributed by atoms with Crippen molar-refractivity contribution in [1.29, 1.82) is 5.26 Å². The predicted molar refractivity (Wildman–Crippen MR) is 94.7 cm³/mol. The minimum Gasteiger partial charge on any atom is -0.494 e. The quantitative estimate of drug-likeness (QED) is 0.253. The van der Waals surface area contributed by atoms with E-state index in [0.717, 1.165) is 24.9 Å². The molecule has 25 heavy (non-hydrogen) atoms. The van der Waals surface area contributed by atoms with E-state index in [1.807, 2.05) is 6.19 Å². The summed E-state index contributed by atoms with van der Waals surface area (Å²) in [6, 6.07) is 9.57. The Hall–Kier alpha value is -3.14. The number of unbranched alkanes of at least 4 members (excludes halogenated alkanes) is 2. The van der Waals surface area contributed by atoms with Crippen molar-refractivity contribution in [3.05, 3.63) is 54.6 Å². The molecule has 0 amide bonds. The number of aliphatic imine (C=N–C) groups is 1. The number of ether oxygens (including phenoxy) is 1. The standard InChI is InChI=1S/C18H20FN5O/c19-15-4-6-17(7-5-15)25-13-3-1-2-10-22-18(23-14-20)24-16-8-11-21-12-9-16/h4-9,11-12H,1-3,10,13H2,(H2,21,22,23,24).